The van der Waals surface area contributed by atoms with E-state index >= 15 is 0 Å². The van der Waals surface area contributed by atoms with E-state index in [1.807, 2.05) is 53.6 Å². The lowest BCUT2D eigenvalue weighted by atomic mass is 9.90. The fraction of sp³-hybridized carbons (Fsp3) is 0.250. The molecule has 2 N–H and O–H groups in total. The van der Waals surface area contributed by atoms with E-state index in [1.165, 1.54) is 5.56 Å². The Morgan fingerprint density at radius 1 is 0.941 bits per heavy atom. The number of piperidine rings is 1. The number of nitrogens with zero attached hydrogens (tertiary/aromatic N) is 2. The van der Waals surface area contributed by atoms with Gasteiger partial charge in [0.05, 0.1) is 0 Å². The molecule has 6 nitrogen and oxygen atoms in total. The average Bonchev–Trinajstić information content (AvgIpc) is 3.27. The van der Waals surface area contributed by atoms with Crippen molar-refractivity contribution in [3.05, 3.63) is 107 Å². The second kappa shape index (κ2) is 9.81. The van der Waals surface area contributed by atoms with Gasteiger partial charge in [0.25, 0.3) is 5.91 Å². The van der Waals surface area contributed by atoms with Crippen molar-refractivity contribution in [1.29, 1.82) is 0 Å². The molecule has 1 saturated heterocycles. The Morgan fingerprint density at radius 3 is 2.38 bits per heavy atom. The van der Waals surface area contributed by atoms with Gasteiger partial charge in [-0.25, -0.2) is 5.21 Å². The maximum absolute atomic E-state index is 13.3. The smallest absolute Gasteiger partial charge is 0.253 e. The number of nitrogens with one attached hydrogen (secondary N) is 1. The van der Waals surface area contributed by atoms with Crippen LogP contribution in [0.3, 0.4) is 0 Å². The summed E-state index contributed by atoms with van der Waals surface area (Å²) in [7, 11) is 0. The molecule has 1 unspecified atom stereocenters. The molecule has 0 saturated carbocycles. The van der Waals surface area contributed by atoms with Crippen molar-refractivity contribution in [3.63, 3.8) is 0 Å². The Labute approximate surface area is 199 Å². The highest BCUT2D eigenvalue weighted by molar-refractivity contribution is 5.98. The highest BCUT2D eigenvalue weighted by atomic mass is 16.8. The molecule has 34 heavy (non-hydrogen) atoms. The van der Waals surface area contributed by atoms with E-state index in [0.29, 0.717) is 12.5 Å². The van der Waals surface area contributed by atoms with Gasteiger partial charge in [0, 0.05) is 49.0 Å². The molecule has 5 rings (SSSR count). The summed E-state index contributed by atoms with van der Waals surface area (Å²) in [6.45, 7) is 2.21. The molecule has 0 aliphatic carbocycles. The first kappa shape index (κ1) is 22.3. The van der Waals surface area contributed by atoms with Crippen molar-refractivity contribution in [3.8, 4) is 0 Å². The molecule has 6 heteroatoms. The fourth-order valence-corrected chi connectivity index (χ4v) is 4.87. The first-order chi connectivity index (χ1) is 16.6. The van der Waals surface area contributed by atoms with E-state index in [9.17, 15) is 10.0 Å². The summed E-state index contributed by atoms with van der Waals surface area (Å²) in [5.41, 5.74) is 4.39. The van der Waals surface area contributed by atoms with Gasteiger partial charge in [0.1, 0.15) is 0 Å². The van der Waals surface area contributed by atoms with Gasteiger partial charge in [-0.05, 0) is 59.9 Å². The summed E-state index contributed by atoms with van der Waals surface area (Å²) in [6, 6.07) is 25.5. The zero-order valence-corrected chi connectivity index (χ0v) is 19.1. The molecule has 3 aromatic carbocycles. The van der Waals surface area contributed by atoms with E-state index in [2.05, 4.69) is 28.8 Å². The van der Waals surface area contributed by atoms with Crippen LogP contribution in [0, 0.1) is 11.1 Å². The number of carbonyl (C=O) groups is 1. The molecule has 0 bridgehead atoms. The van der Waals surface area contributed by atoms with Crippen molar-refractivity contribution in [2.75, 3.05) is 13.1 Å². The summed E-state index contributed by atoms with van der Waals surface area (Å²) in [5.74, 6) is 0.720. The van der Waals surface area contributed by atoms with Crippen molar-refractivity contribution >= 4 is 22.5 Å². The molecule has 1 aliphatic rings. The van der Waals surface area contributed by atoms with Crippen molar-refractivity contribution in [2.24, 2.45) is 5.92 Å². The third-order valence-corrected chi connectivity index (χ3v) is 6.84. The minimum atomic E-state index is -0.926. The predicted molar refractivity (Wildman–Crippen MR) is 132 cm³/mol. The first-order valence-corrected chi connectivity index (χ1v) is 11.8. The van der Waals surface area contributed by atoms with Gasteiger partial charge < -0.3 is 14.7 Å². The second-order valence-electron chi connectivity index (χ2n) is 9.14. The Hall–Kier alpha value is -3.45. The molecule has 1 aromatic heterocycles. The van der Waals surface area contributed by atoms with E-state index in [1.54, 1.807) is 12.1 Å². The van der Waals surface area contributed by atoms with Gasteiger partial charge in [0.2, 0.25) is 0 Å². The standard InChI is InChI=1S/C28H29N3O3/c32-28(29-15-12-22(13-16-29)18-21-4-2-1-3-5-21)25-9-8-24-14-17-30(27(24)19-25)20-23-6-10-26(11-7-23)31(33)34/h1-11,14,17,19,22,31,33H,12-13,15-16,18,20H2. The highest BCUT2D eigenvalue weighted by Gasteiger charge is 2.24. The SMILES string of the molecule is O=C(c1ccc2ccn(Cc3ccc([NH+]([O-])O)cc3)c2c1)N1CCC(Cc2ccccc2)CC1. The number of rotatable bonds is 6. The highest BCUT2D eigenvalue weighted by Crippen LogP contribution is 2.25. The number of benzene rings is 3. The minimum Gasteiger partial charge on any atom is -0.595 e. The molecule has 2 heterocycles. The van der Waals surface area contributed by atoms with Gasteiger partial charge in [0.15, 0.2) is 5.69 Å². The number of likely N-dealkylation sites (tertiary alicyclic amines) is 1. The third kappa shape index (κ3) is 4.89. The molecule has 1 atom stereocenters. The van der Waals surface area contributed by atoms with E-state index in [-0.39, 0.29) is 11.6 Å². The Morgan fingerprint density at radius 2 is 1.68 bits per heavy atom. The summed E-state index contributed by atoms with van der Waals surface area (Å²) < 4.78 is 2.11. The van der Waals surface area contributed by atoms with Crippen LogP contribution in [0.25, 0.3) is 10.9 Å². The van der Waals surface area contributed by atoms with Gasteiger partial charge in [-0.1, -0.05) is 48.5 Å². The quantitative estimate of drug-likeness (QED) is 0.428. The zero-order chi connectivity index (χ0) is 23.5. The van der Waals surface area contributed by atoms with Crippen LogP contribution in [-0.2, 0) is 13.0 Å². The Balaban J connectivity index is 1.26. The number of carbonyl (C=O) groups excluding carboxylic acids is 1. The van der Waals surface area contributed by atoms with Crippen LogP contribution in [0.4, 0.5) is 5.69 Å². The van der Waals surface area contributed by atoms with Crippen LogP contribution in [0.15, 0.2) is 85.1 Å². The van der Waals surface area contributed by atoms with Crippen LogP contribution < -0.4 is 5.23 Å². The predicted octanol–water partition coefficient (Wildman–Crippen LogP) is 4.19. The lowest BCUT2D eigenvalue weighted by molar-refractivity contribution is -0.991. The normalized spacial score (nSPS) is 15.5. The van der Waals surface area contributed by atoms with Crippen molar-refractivity contribution < 1.29 is 15.2 Å². The topological polar surface area (TPSA) is 73.0 Å². The van der Waals surface area contributed by atoms with Gasteiger partial charge in [-0.15, -0.1) is 0 Å². The van der Waals surface area contributed by atoms with Crippen LogP contribution >= 0.6 is 0 Å². The van der Waals surface area contributed by atoms with Crippen molar-refractivity contribution in [2.45, 2.75) is 25.8 Å². The van der Waals surface area contributed by atoms with Crippen molar-refractivity contribution in [1.82, 2.24) is 9.47 Å². The molecule has 1 fully saturated rings. The maximum Gasteiger partial charge on any atom is 0.253 e. The number of amides is 1. The maximum atomic E-state index is 13.3. The molecule has 174 valence electrons. The van der Waals surface area contributed by atoms with Gasteiger partial charge in [-0.2, -0.15) is 5.23 Å². The fourth-order valence-electron chi connectivity index (χ4n) is 4.87. The largest absolute Gasteiger partial charge is 0.595 e. The second-order valence-corrected chi connectivity index (χ2v) is 9.14. The lowest BCUT2D eigenvalue weighted by Crippen LogP contribution is -2.99. The number of hydrogen-bond acceptors (Lipinski definition) is 3. The van der Waals surface area contributed by atoms with Gasteiger partial charge >= 0.3 is 0 Å². The van der Waals surface area contributed by atoms with Crippen LogP contribution in [0.1, 0.15) is 34.3 Å². The summed E-state index contributed by atoms with van der Waals surface area (Å²) in [5, 5.41) is 20.4. The minimum absolute atomic E-state index is 0.0959. The van der Waals surface area contributed by atoms with E-state index in [0.717, 1.165) is 54.4 Å². The van der Waals surface area contributed by atoms with Crippen LogP contribution in [-0.4, -0.2) is 33.7 Å². The number of fused-ring (bicyclic) bond motifs is 1. The average molecular weight is 456 g/mol. The van der Waals surface area contributed by atoms with Gasteiger partial charge in [-0.3, -0.25) is 4.79 Å². The monoisotopic (exact) mass is 455 g/mol. The van der Waals surface area contributed by atoms with Crippen LogP contribution in [0.5, 0.6) is 0 Å². The van der Waals surface area contributed by atoms with E-state index < -0.39 is 5.23 Å². The molecule has 1 aliphatic heterocycles. The molecule has 1 amide bonds. The number of quaternary nitrogens is 1. The molecular weight excluding hydrogens is 426 g/mol. The van der Waals surface area contributed by atoms with Crippen LogP contribution in [0.2, 0.25) is 0 Å². The zero-order valence-electron chi connectivity index (χ0n) is 19.1. The summed E-state index contributed by atoms with van der Waals surface area (Å²) >= 11 is 0. The first-order valence-electron chi connectivity index (χ1n) is 11.8. The molecule has 0 radical (unpaired) electrons. The number of aromatic nitrogens is 1. The Kier molecular flexibility index (Phi) is 6.45. The van der Waals surface area contributed by atoms with E-state index in [4.69, 9.17) is 5.21 Å². The Bertz CT molecular complexity index is 1260. The number of hydrogen-bond donors (Lipinski definition) is 2. The molecular formula is C28H29N3O3. The summed E-state index contributed by atoms with van der Waals surface area (Å²) in [6.07, 6.45) is 5.16. The summed E-state index contributed by atoms with van der Waals surface area (Å²) in [4.78, 5) is 15.2. The lowest BCUT2D eigenvalue weighted by Gasteiger charge is -2.32. The molecule has 0 spiro atoms. The molecule has 4 aromatic rings. The third-order valence-electron chi connectivity index (χ3n) is 6.84.